The molecule has 0 spiro atoms. The number of halogens is 2. The van der Waals surface area contributed by atoms with Crippen LogP contribution in [0.15, 0.2) is 42.5 Å². The summed E-state index contributed by atoms with van der Waals surface area (Å²) in [5.74, 6) is -0.235. The average molecular weight is 294 g/mol. The largest absolute Gasteiger partial charge is 0.372 e. The number of rotatable bonds is 6. The van der Waals surface area contributed by atoms with Gasteiger partial charge in [-0.25, -0.2) is 4.39 Å². The van der Waals surface area contributed by atoms with Crippen molar-refractivity contribution < 1.29 is 9.13 Å². The lowest BCUT2D eigenvalue weighted by Gasteiger charge is -2.08. The minimum Gasteiger partial charge on any atom is -0.372 e. The summed E-state index contributed by atoms with van der Waals surface area (Å²) in [6.45, 7) is 1.41. The van der Waals surface area contributed by atoms with E-state index in [1.807, 2.05) is 37.4 Å². The summed E-state index contributed by atoms with van der Waals surface area (Å²) in [6, 6.07) is 12.5. The zero-order chi connectivity index (χ0) is 14.4. The van der Waals surface area contributed by atoms with Crippen LogP contribution in [0.25, 0.3) is 0 Å². The van der Waals surface area contributed by atoms with Crippen molar-refractivity contribution in [2.24, 2.45) is 0 Å². The molecule has 2 aromatic rings. The molecule has 1 N–H and O–H groups in total. The summed E-state index contributed by atoms with van der Waals surface area (Å²) in [5, 5.41) is 3.74. The number of benzene rings is 2. The van der Waals surface area contributed by atoms with E-state index < -0.39 is 0 Å². The highest BCUT2D eigenvalue weighted by Gasteiger charge is 2.04. The molecule has 0 heterocycles. The van der Waals surface area contributed by atoms with Crippen LogP contribution in [-0.4, -0.2) is 7.05 Å². The molecule has 0 aliphatic heterocycles. The molecule has 0 atom stereocenters. The Balaban J connectivity index is 1.93. The molecule has 0 fully saturated rings. The van der Waals surface area contributed by atoms with E-state index in [-0.39, 0.29) is 12.4 Å². The zero-order valence-corrected chi connectivity index (χ0v) is 12.1. The lowest BCUT2D eigenvalue weighted by molar-refractivity contribution is 0.105. The van der Waals surface area contributed by atoms with Gasteiger partial charge in [0.2, 0.25) is 0 Å². The van der Waals surface area contributed by atoms with Gasteiger partial charge in [-0.05, 0) is 42.4 Å². The first-order valence-corrected chi connectivity index (χ1v) is 6.81. The van der Waals surface area contributed by atoms with Gasteiger partial charge in [0, 0.05) is 17.1 Å². The SMILES string of the molecule is CNCc1ccc(F)c(COCc2ccc(Cl)cc2)c1. The Morgan fingerprint density at radius 1 is 1.05 bits per heavy atom. The molecular weight excluding hydrogens is 277 g/mol. The number of hydrogen-bond acceptors (Lipinski definition) is 2. The molecule has 2 rings (SSSR count). The van der Waals surface area contributed by atoms with Crippen molar-refractivity contribution in [1.29, 1.82) is 0 Å². The molecule has 0 saturated heterocycles. The Labute approximate surface area is 123 Å². The fourth-order valence-corrected chi connectivity index (χ4v) is 2.04. The molecule has 0 radical (unpaired) electrons. The van der Waals surface area contributed by atoms with Crippen molar-refractivity contribution in [1.82, 2.24) is 5.32 Å². The van der Waals surface area contributed by atoms with Crippen LogP contribution >= 0.6 is 11.6 Å². The van der Waals surface area contributed by atoms with Crippen molar-refractivity contribution in [2.75, 3.05) is 7.05 Å². The third-order valence-corrected chi connectivity index (χ3v) is 3.18. The fourth-order valence-electron chi connectivity index (χ4n) is 1.91. The van der Waals surface area contributed by atoms with E-state index >= 15 is 0 Å². The predicted octanol–water partition coefficient (Wildman–Crippen LogP) is 3.92. The highest BCUT2D eigenvalue weighted by atomic mass is 35.5. The van der Waals surface area contributed by atoms with Crippen LogP contribution in [0.5, 0.6) is 0 Å². The number of ether oxygens (including phenoxy) is 1. The first kappa shape index (κ1) is 15.0. The monoisotopic (exact) mass is 293 g/mol. The Morgan fingerprint density at radius 2 is 1.75 bits per heavy atom. The van der Waals surface area contributed by atoms with Crippen molar-refractivity contribution in [3.63, 3.8) is 0 Å². The topological polar surface area (TPSA) is 21.3 Å². The molecule has 0 aliphatic carbocycles. The lowest BCUT2D eigenvalue weighted by atomic mass is 10.1. The van der Waals surface area contributed by atoms with E-state index in [2.05, 4.69) is 5.32 Å². The standard InChI is InChI=1S/C16H17ClFNO/c1-19-9-13-4-7-16(18)14(8-13)11-20-10-12-2-5-15(17)6-3-12/h2-8,19H,9-11H2,1H3. The predicted molar refractivity (Wildman–Crippen MR) is 79.1 cm³/mol. The van der Waals surface area contributed by atoms with E-state index in [0.717, 1.165) is 11.1 Å². The smallest absolute Gasteiger partial charge is 0.128 e. The van der Waals surface area contributed by atoms with Crippen LogP contribution in [0.2, 0.25) is 5.02 Å². The minimum absolute atomic E-state index is 0.235. The highest BCUT2D eigenvalue weighted by Crippen LogP contribution is 2.14. The van der Waals surface area contributed by atoms with Gasteiger partial charge >= 0.3 is 0 Å². The van der Waals surface area contributed by atoms with Crippen molar-refractivity contribution in [3.8, 4) is 0 Å². The van der Waals surface area contributed by atoms with Gasteiger partial charge in [-0.3, -0.25) is 0 Å². The Hall–Kier alpha value is -1.42. The third kappa shape index (κ3) is 4.30. The van der Waals surface area contributed by atoms with E-state index in [1.54, 1.807) is 6.07 Å². The zero-order valence-electron chi connectivity index (χ0n) is 11.3. The lowest BCUT2D eigenvalue weighted by Crippen LogP contribution is -2.06. The Bertz CT molecular complexity index is 557. The summed E-state index contributed by atoms with van der Waals surface area (Å²) in [7, 11) is 1.86. The second-order valence-corrected chi connectivity index (χ2v) is 5.01. The van der Waals surface area contributed by atoms with Gasteiger partial charge in [0.05, 0.1) is 13.2 Å². The Kier molecular flexibility index (Phi) is 5.53. The highest BCUT2D eigenvalue weighted by molar-refractivity contribution is 6.30. The van der Waals surface area contributed by atoms with Gasteiger partial charge in [0.15, 0.2) is 0 Å². The summed E-state index contributed by atoms with van der Waals surface area (Å²) < 4.78 is 19.2. The summed E-state index contributed by atoms with van der Waals surface area (Å²) >= 11 is 5.81. The van der Waals surface area contributed by atoms with Gasteiger partial charge in [-0.1, -0.05) is 29.8 Å². The molecule has 2 aromatic carbocycles. The van der Waals surface area contributed by atoms with Crippen LogP contribution in [0.3, 0.4) is 0 Å². The summed E-state index contributed by atoms with van der Waals surface area (Å²) in [5.41, 5.74) is 2.63. The maximum absolute atomic E-state index is 13.7. The molecule has 0 amide bonds. The van der Waals surface area contributed by atoms with Crippen LogP contribution in [0.4, 0.5) is 4.39 Å². The first-order chi connectivity index (χ1) is 9.69. The second-order valence-electron chi connectivity index (χ2n) is 4.58. The summed E-state index contributed by atoms with van der Waals surface area (Å²) in [4.78, 5) is 0. The maximum atomic E-state index is 13.7. The molecule has 0 aromatic heterocycles. The first-order valence-electron chi connectivity index (χ1n) is 6.43. The van der Waals surface area contributed by atoms with E-state index in [1.165, 1.54) is 6.07 Å². The molecule has 0 saturated carbocycles. The molecule has 0 bridgehead atoms. The fraction of sp³-hybridized carbons (Fsp3) is 0.250. The van der Waals surface area contributed by atoms with Crippen LogP contribution in [0.1, 0.15) is 16.7 Å². The van der Waals surface area contributed by atoms with E-state index in [9.17, 15) is 4.39 Å². The molecule has 2 nitrogen and oxygen atoms in total. The third-order valence-electron chi connectivity index (χ3n) is 2.93. The van der Waals surface area contributed by atoms with Crippen molar-refractivity contribution >= 4 is 11.6 Å². The van der Waals surface area contributed by atoms with Gasteiger partial charge in [0.1, 0.15) is 5.82 Å². The molecule has 4 heteroatoms. The van der Waals surface area contributed by atoms with E-state index in [4.69, 9.17) is 16.3 Å². The van der Waals surface area contributed by atoms with Crippen LogP contribution in [0, 0.1) is 5.82 Å². The molecule has 106 valence electrons. The van der Waals surface area contributed by atoms with Gasteiger partial charge in [-0.2, -0.15) is 0 Å². The van der Waals surface area contributed by atoms with Crippen LogP contribution < -0.4 is 5.32 Å². The minimum atomic E-state index is -0.235. The quantitative estimate of drug-likeness (QED) is 0.872. The van der Waals surface area contributed by atoms with Gasteiger partial charge in [-0.15, -0.1) is 0 Å². The molecular formula is C16H17ClFNO. The molecule has 0 aliphatic rings. The molecule has 0 unspecified atom stereocenters. The van der Waals surface area contributed by atoms with Gasteiger partial charge in [0.25, 0.3) is 0 Å². The number of hydrogen-bond donors (Lipinski definition) is 1. The summed E-state index contributed by atoms with van der Waals surface area (Å²) in [6.07, 6.45) is 0. The van der Waals surface area contributed by atoms with Crippen LogP contribution in [-0.2, 0) is 24.5 Å². The number of nitrogens with one attached hydrogen (secondary N) is 1. The van der Waals surface area contributed by atoms with Crippen molar-refractivity contribution in [3.05, 3.63) is 70.0 Å². The van der Waals surface area contributed by atoms with Gasteiger partial charge < -0.3 is 10.1 Å². The van der Waals surface area contributed by atoms with E-state index in [0.29, 0.717) is 23.7 Å². The second kappa shape index (κ2) is 7.39. The normalized spacial score (nSPS) is 10.8. The average Bonchev–Trinajstić information content (AvgIpc) is 2.45. The maximum Gasteiger partial charge on any atom is 0.128 e. The van der Waals surface area contributed by atoms with Crippen molar-refractivity contribution in [2.45, 2.75) is 19.8 Å². The molecule has 20 heavy (non-hydrogen) atoms. The Morgan fingerprint density at radius 3 is 2.45 bits per heavy atom.